The van der Waals surface area contributed by atoms with Gasteiger partial charge in [0.2, 0.25) is 0 Å². The molecule has 2 heterocycles. The second kappa shape index (κ2) is 9.08. The fraction of sp³-hybridized carbons (Fsp3) is 0.682. The number of hydrogen-bond acceptors (Lipinski definition) is 7. The van der Waals surface area contributed by atoms with E-state index in [-0.39, 0.29) is 16.4 Å². The van der Waals surface area contributed by atoms with Crippen molar-refractivity contribution in [1.29, 1.82) is 0 Å². The number of carbonyl (C=O) groups is 1. The Balaban J connectivity index is 1.79. The molecule has 0 aromatic carbocycles. The highest BCUT2D eigenvalue weighted by Gasteiger charge is 2.46. The summed E-state index contributed by atoms with van der Waals surface area (Å²) in [6.07, 6.45) is 6.50. The number of rotatable bonds is 6. The van der Waals surface area contributed by atoms with Crippen molar-refractivity contribution in [3.63, 3.8) is 0 Å². The van der Waals surface area contributed by atoms with Crippen LogP contribution in [0.1, 0.15) is 61.3 Å². The molecule has 1 saturated heterocycles. The van der Waals surface area contributed by atoms with E-state index in [0.717, 1.165) is 18.4 Å². The first kappa shape index (κ1) is 25.8. The van der Waals surface area contributed by atoms with Gasteiger partial charge in [-0.15, -0.1) is 0 Å². The molecule has 1 aliphatic carbocycles. The van der Waals surface area contributed by atoms with Gasteiger partial charge in [0.1, 0.15) is 0 Å². The molecule has 32 heavy (non-hydrogen) atoms. The zero-order chi connectivity index (χ0) is 23.9. The second-order valence-corrected chi connectivity index (χ2v) is 15.0. The average Bonchev–Trinajstić information content (AvgIpc) is 2.97. The molecule has 0 saturated carbocycles. The topological polar surface area (TPSA) is 60.5 Å². The Morgan fingerprint density at radius 2 is 1.91 bits per heavy atom. The van der Waals surface area contributed by atoms with Gasteiger partial charge in [-0.3, -0.25) is 0 Å². The van der Waals surface area contributed by atoms with Gasteiger partial charge in [0, 0.05) is 23.4 Å². The SMILES string of the molecule is CCC(C)(C)N(SN(C)C(=O)OC1=C2OC=CC=C2CC1(C)C)P1(=S)OCC(C)(C)CO1. The third-order valence-electron chi connectivity index (χ3n) is 5.80. The van der Waals surface area contributed by atoms with Crippen molar-refractivity contribution < 1.29 is 23.3 Å². The number of ether oxygens (including phenoxy) is 2. The molecule has 180 valence electrons. The van der Waals surface area contributed by atoms with Crippen molar-refractivity contribution in [3.05, 3.63) is 35.5 Å². The summed E-state index contributed by atoms with van der Waals surface area (Å²) in [7, 11) is 1.67. The zero-order valence-corrected chi connectivity index (χ0v) is 22.8. The third-order valence-corrected chi connectivity index (χ3v) is 11.0. The van der Waals surface area contributed by atoms with Crippen molar-refractivity contribution >= 4 is 36.7 Å². The molecule has 0 unspecified atom stereocenters. The summed E-state index contributed by atoms with van der Waals surface area (Å²) in [5.41, 5.74) is 0.232. The normalized spacial score (nSPS) is 23.5. The Labute approximate surface area is 201 Å². The van der Waals surface area contributed by atoms with Crippen molar-refractivity contribution in [1.82, 2.24) is 8.38 Å². The lowest BCUT2D eigenvalue weighted by Gasteiger charge is -2.47. The molecule has 7 nitrogen and oxygen atoms in total. The molecule has 0 N–H and O–H groups in total. The van der Waals surface area contributed by atoms with E-state index in [4.69, 9.17) is 30.3 Å². The minimum atomic E-state index is -2.79. The lowest BCUT2D eigenvalue weighted by Crippen LogP contribution is -2.43. The molecule has 0 radical (unpaired) electrons. The van der Waals surface area contributed by atoms with E-state index in [1.165, 1.54) is 16.4 Å². The van der Waals surface area contributed by atoms with Gasteiger partial charge >= 0.3 is 6.09 Å². The molecule has 0 bridgehead atoms. The van der Waals surface area contributed by atoms with Gasteiger partial charge in [-0.2, -0.15) is 4.08 Å². The molecule has 2 aliphatic heterocycles. The minimum Gasteiger partial charge on any atom is -0.461 e. The Morgan fingerprint density at radius 1 is 1.28 bits per heavy atom. The number of carbonyl (C=O) groups excluding carboxylic acids is 1. The summed E-state index contributed by atoms with van der Waals surface area (Å²) in [5, 5.41) is 0. The van der Waals surface area contributed by atoms with Crippen LogP contribution in [0.4, 0.5) is 4.79 Å². The van der Waals surface area contributed by atoms with Crippen LogP contribution in [0.15, 0.2) is 35.5 Å². The summed E-state index contributed by atoms with van der Waals surface area (Å²) in [6.45, 7) is 12.7. The maximum Gasteiger partial charge on any atom is 0.425 e. The molecule has 1 amide bonds. The maximum absolute atomic E-state index is 13.1. The van der Waals surface area contributed by atoms with E-state index in [1.54, 1.807) is 13.3 Å². The lowest BCUT2D eigenvalue weighted by molar-refractivity contribution is 0.0436. The highest BCUT2D eigenvalue weighted by Crippen LogP contribution is 2.63. The maximum atomic E-state index is 13.1. The molecule has 0 spiro atoms. The van der Waals surface area contributed by atoms with Gasteiger partial charge in [0.15, 0.2) is 11.5 Å². The van der Waals surface area contributed by atoms with Crippen molar-refractivity contribution in [3.8, 4) is 0 Å². The first-order chi connectivity index (χ1) is 14.7. The molecular weight excluding hydrogens is 467 g/mol. The number of amides is 1. The van der Waals surface area contributed by atoms with Gasteiger partial charge in [-0.1, -0.05) is 40.7 Å². The quantitative estimate of drug-likeness (QED) is 0.301. The highest BCUT2D eigenvalue weighted by atomic mass is 32.5. The van der Waals surface area contributed by atoms with Crippen LogP contribution < -0.4 is 0 Å². The fourth-order valence-corrected chi connectivity index (χ4v) is 8.44. The molecule has 0 aromatic rings. The van der Waals surface area contributed by atoms with Crippen LogP contribution >= 0.6 is 18.8 Å². The number of hydrogen-bond donors (Lipinski definition) is 0. The monoisotopic (exact) mass is 502 g/mol. The van der Waals surface area contributed by atoms with Gasteiger partial charge < -0.3 is 18.5 Å². The number of fused-ring (bicyclic) bond motifs is 1. The van der Waals surface area contributed by atoms with E-state index in [1.807, 2.05) is 30.1 Å². The summed E-state index contributed by atoms with van der Waals surface area (Å²) in [4.78, 5) is 13.1. The molecule has 1 fully saturated rings. The summed E-state index contributed by atoms with van der Waals surface area (Å²) in [6, 6.07) is 0. The lowest BCUT2D eigenvalue weighted by atomic mass is 9.90. The van der Waals surface area contributed by atoms with Crippen LogP contribution in [-0.4, -0.2) is 40.3 Å². The number of allylic oxidation sites excluding steroid dienone is 4. The summed E-state index contributed by atoms with van der Waals surface area (Å²) < 4.78 is 27.2. The van der Waals surface area contributed by atoms with Crippen molar-refractivity contribution in [2.24, 2.45) is 10.8 Å². The first-order valence-corrected chi connectivity index (χ1v) is 14.1. The van der Waals surface area contributed by atoms with E-state index >= 15 is 0 Å². The van der Waals surface area contributed by atoms with Crippen LogP contribution in [0, 0.1) is 10.8 Å². The largest absolute Gasteiger partial charge is 0.461 e. The molecule has 3 aliphatic rings. The van der Waals surface area contributed by atoms with Crippen LogP contribution in [0.5, 0.6) is 0 Å². The van der Waals surface area contributed by atoms with Crippen molar-refractivity contribution in [2.45, 2.75) is 66.8 Å². The van der Waals surface area contributed by atoms with Crippen LogP contribution in [-0.2, 0) is 30.3 Å². The molecule has 0 atom stereocenters. The fourth-order valence-electron chi connectivity index (χ4n) is 3.42. The average molecular weight is 503 g/mol. The zero-order valence-electron chi connectivity index (χ0n) is 20.3. The standard InChI is InChI=1S/C22H35N2O5PS2/c1-9-22(6,7)24(30(31)27-14-20(2,3)15-28-30)32-23(8)19(25)29-18-17-16(11-10-12-26-17)13-21(18,4)5/h10-12H,9,13-15H2,1-8H3. The molecule has 3 rings (SSSR count). The highest BCUT2D eigenvalue weighted by molar-refractivity contribution is 8.15. The van der Waals surface area contributed by atoms with Gasteiger partial charge in [-0.05, 0) is 50.1 Å². The van der Waals surface area contributed by atoms with E-state index in [0.29, 0.717) is 24.7 Å². The van der Waals surface area contributed by atoms with E-state index < -0.39 is 12.7 Å². The number of nitrogens with zero attached hydrogens (tertiary/aromatic N) is 2. The third kappa shape index (κ3) is 5.29. The predicted molar refractivity (Wildman–Crippen MR) is 132 cm³/mol. The molecular formula is C22H35N2O5PS2. The molecule has 10 heteroatoms. The molecule has 0 aromatic heterocycles. The van der Waals surface area contributed by atoms with E-state index in [2.05, 4.69) is 34.6 Å². The van der Waals surface area contributed by atoms with Gasteiger partial charge in [0.05, 0.1) is 31.6 Å². The first-order valence-electron chi connectivity index (χ1n) is 10.8. The Hall–Kier alpha value is -0.830. The summed E-state index contributed by atoms with van der Waals surface area (Å²) in [5.74, 6) is 1.17. The van der Waals surface area contributed by atoms with Crippen LogP contribution in [0.3, 0.4) is 0 Å². The Kier molecular flexibility index (Phi) is 7.32. The minimum absolute atomic E-state index is 0.0958. The summed E-state index contributed by atoms with van der Waals surface area (Å²) >= 11 is 7.10. The van der Waals surface area contributed by atoms with Gasteiger partial charge in [0.25, 0.3) is 6.64 Å². The van der Waals surface area contributed by atoms with Gasteiger partial charge in [-0.25, -0.2) is 9.10 Å². The second-order valence-electron chi connectivity index (χ2n) is 10.4. The predicted octanol–water partition coefficient (Wildman–Crippen LogP) is 6.52. The van der Waals surface area contributed by atoms with Crippen LogP contribution in [0.2, 0.25) is 0 Å². The Bertz CT molecular complexity index is 896. The van der Waals surface area contributed by atoms with Crippen LogP contribution in [0.25, 0.3) is 0 Å². The van der Waals surface area contributed by atoms with Crippen molar-refractivity contribution in [2.75, 3.05) is 20.3 Å². The Morgan fingerprint density at radius 3 is 2.50 bits per heavy atom. The van der Waals surface area contributed by atoms with E-state index in [9.17, 15) is 4.79 Å². The smallest absolute Gasteiger partial charge is 0.425 e.